The van der Waals surface area contributed by atoms with Crippen LogP contribution in [0.5, 0.6) is 0 Å². The zero-order valence-corrected chi connectivity index (χ0v) is 9.77. The minimum atomic E-state index is -0.378. The smallest absolute Gasteiger partial charge is 0.255 e. The predicted octanol–water partition coefficient (Wildman–Crippen LogP) is 2.36. The third-order valence-electron chi connectivity index (χ3n) is 2.46. The number of nitrogens with two attached hydrogens (primary N) is 1. The van der Waals surface area contributed by atoms with Gasteiger partial charge in [0.15, 0.2) is 0 Å². The van der Waals surface area contributed by atoms with E-state index in [0.717, 1.165) is 0 Å². The number of halogens is 1. The zero-order chi connectivity index (χ0) is 13.1. The molecule has 4 nitrogen and oxygen atoms in total. The first-order valence-electron chi connectivity index (χ1n) is 5.36. The summed E-state index contributed by atoms with van der Waals surface area (Å²) in [6, 6.07) is 8.60. The average Bonchev–Trinajstić information content (AvgIpc) is 2.33. The van der Waals surface area contributed by atoms with Gasteiger partial charge in [-0.1, -0.05) is 0 Å². The van der Waals surface area contributed by atoms with Crippen molar-refractivity contribution < 1.29 is 9.18 Å². The Hall–Kier alpha value is -2.43. The normalized spacial score (nSPS) is 10.1. The lowest BCUT2D eigenvalue weighted by atomic mass is 10.2. The highest BCUT2D eigenvalue weighted by Gasteiger charge is 2.08. The minimum absolute atomic E-state index is 0.315. The van der Waals surface area contributed by atoms with Crippen molar-refractivity contribution in [3.05, 3.63) is 53.5 Å². The minimum Gasteiger partial charge on any atom is -0.384 e. The Bertz CT molecular complexity index is 581. The molecule has 0 unspecified atom stereocenters. The SMILES string of the molecule is Cc1nc(N)ccc1NC(=O)c1ccc(F)cc1. The van der Waals surface area contributed by atoms with Gasteiger partial charge in [0.2, 0.25) is 0 Å². The van der Waals surface area contributed by atoms with Crippen LogP contribution < -0.4 is 11.1 Å². The van der Waals surface area contributed by atoms with Crippen LogP contribution in [0.4, 0.5) is 15.9 Å². The number of nitrogens with zero attached hydrogens (tertiary/aromatic N) is 1. The van der Waals surface area contributed by atoms with Gasteiger partial charge in [-0.05, 0) is 43.3 Å². The van der Waals surface area contributed by atoms with Crippen molar-refractivity contribution in [3.8, 4) is 0 Å². The van der Waals surface area contributed by atoms with Crippen LogP contribution in [0.15, 0.2) is 36.4 Å². The number of anilines is 2. The van der Waals surface area contributed by atoms with Crippen molar-refractivity contribution in [1.29, 1.82) is 0 Å². The van der Waals surface area contributed by atoms with E-state index in [2.05, 4.69) is 10.3 Å². The average molecular weight is 245 g/mol. The topological polar surface area (TPSA) is 68.0 Å². The number of aryl methyl sites for hydroxylation is 1. The fourth-order valence-corrected chi connectivity index (χ4v) is 1.51. The standard InChI is InChI=1S/C13H12FN3O/c1-8-11(6-7-12(15)16-8)17-13(18)9-2-4-10(14)5-3-9/h2-7H,1H3,(H2,15,16)(H,17,18). The highest BCUT2D eigenvalue weighted by Crippen LogP contribution is 2.15. The number of carbonyl (C=O) groups is 1. The molecule has 1 aromatic heterocycles. The molecule has 1 heterocycles. The number of hydrogen-bond acceptors (Lipinski definition) is 3. The number of rotatable bonds is 2. The van der Waals surface area contributed by atoms with Gasteiger partial charge in [-0.15, -0.1) is 0 Å². The lowest BCUT2D eigenvalue weighted by molar-refractivity contribution is 0.102. The summed E-state index contributed by atoms with van der Waals surface area (Å²) in [5, 5.41) is 2.69. The molecule has 2 aromatic rings. The number of aromatic nitrogens is 1. The monoisotopic (exact) mass is 245 g/mol. The fraction of sp³-hybridized carbons (Fsp3) is 0.0769. The molecule has 0 radical (unpaired) electrons. The summed E-state index contributed by atoms with van der Waals surface area (Å²) in [7, 11) is 0. The molecule has 0 aliphatic heterocycles. The summed E-state index contributed by atoms with van der Waals surface area (Å²) in [6.45, 7) is 1.75. The maximum absolute atomic E-state index is 12.7. The quantitative estimate of drug-likeness (QED) is 0.853. The van der Waals surface area contributed by atoms with Crippen LogP contribution in [0.25, 0.3) is 0 Å². The second kappa shape index (κ2) is 4.83. The highest BCUT2D eigenvalue weighted by molar-refractivity contribution is 6.04. The molecule has 92 valence electrons. The van der Waals surface area contributed by atoms with Crippen LogP contribution in [0.1, 0.15) is 16.1 Å². The summed E-state index contributed by atoms with van der Waals surface area (Å²) in [5.41, 5.74) is 7.11. The Morgan fingerprint density at radius 1 is 1.22 bits per heavy atom. The Morgan fingerprint density at radius 3 is 2.50 bits per heavy atom. The second-order valence-corrected chi connectivity index (χ2v) is 3.83. The molecule has 1 amide bonds. The Labute approximate surface area is 104 Å². The Kier molecular flexibility index (Phi) is 3.23. The zero-order valence-electron chi connectivity index (χ0n) is 9.77. The number of hydrogen-bond donors (Lipinski definition) is 2. The fourth-order valence-electron chi connectivity index (χ4n) is 1.51. The molecule has 18 heavy (non-hydrogen) atoms. The molecular weight excluding hydrogens is 233 g/mol. The van der Waals surface area contributed by atoms with Crippen molar-refractivity contribution in [2.75, 3.05) is 11.1 Å². The number of carbonyl (C=O) groups excluding carboxylic acids is 1. The molecular formula is C13H12FN3O. The van der Waals surface area contributed by atoms with E-state index in [1.807, 2.05) is 0 Å². The van der Waals surface area contributed by atoms with Crippen molar-refractivity contribution >= 4 is 17.4 Å². The molecule has 0 saturated carbocycles. The summed E-state index contributed by atoms with van der Waals surface area (Å²) in [4.78, 5) is 15.9. The Morgan fingerprint density at radius 2 is 1.89 bits per heavy atom. The molecule has 0 atom stereocenters. The number of benzene rings is 1. The maximum Gasteiger partial charge on any atom is 0.255 e. The molecule has 0 aliphatic rings. The van der Waals surface area contributed by atoms with Crippen molar-refractivity contribution in [1.82, 2.24) is 4.98 Å². The van der Waals surface area contributed by atoms with Gasteiger partial charge in [-0.3, -0.25) is 4.79 Å². The van der Waals surface area contributed by atoms with Crippen LogP contribution in [-0.2, 0) is 0 Å². The number of pyridine rings is 1. The van der Waals surface area contributed by atoms with Gasteiger partial charge in [-0.2, -0.15) is 0 Å². The first-order chi connectivity index (χ1) is 8.56. The van der Waals surface area contributed by atoms with Crippen LogP contribution in [-0.4, -0.2) is 10.9 Å². The van der Waals surface area contributed by atoms with Gasteiger partial charge in [0.25, 0.3) is 5.91 Å². The van der Waals surface area contributed by atoms with E-state index in [-0.39, 0.29) is 11.7 Å². The largest absolute Gasteiger partial charge is 0.384 e. The number of amides is 1. The van der Waals surface area contributed by atoms with Gasteiger partial charge in [-0.25, -0.2) is 9.37 Å². The van der Waals surface area contributed by atoms with E-state index < -0.39 is 0 Å². The Balaban J connectivity index is 2.18. The number of nitrogen functional groups attached to an aromatic ring is 1. The molecule has 5 heteroatoms. The number of nitrogens with one attached hydrogen (secondary N) is 1. The third kappa shape index (κ3) is 2.63. The molecule has 3 N–H and O–H groups in total. The van der Waals surface area contributed by atoms with E-state index in [1.54, 1.807) is 19.1 Å². The van der Waals surface area contributed by atoms with E-state index in [9.17, 15) is 9.18 Å². The lowest BCUT2D eigenvalue weighted by Crippen LogP contribution is -2.13. The van der Waals surface area contributed by atoms with Gasteiger partial charge >= 0.3 is 0 Å². The van der Waals surface area contributed by atoms with Crippen LogP contribution in [0.2, 0.25) is 0 Å². The van der Waals surface area contributed by atoms with E-state index >= 15 is 0 Å². The third-order valence-corrected chi connectivity index (χ3v) is 2.46. The lowest BCUT2D eigenvalue weighted by Gasteiger charge is -2.08. The molecule has 2 rings (SSSR count). The molecule has 0 fully saturated rings. The van der Waals surface area contributed by atoms with E-state index in [1.165, 1.54) is 24.3 Å². The van der Waals surface area contributed by atoms with Crippen molar-refractivity contribution in [2.45, 2.75) is 6.92 Å². The van der Waals surface area contributed by atoms with Gasteiger partial charge in [0.1, 0.15) is 11.6 Å². The van der Waals surface area contributed by atoms with Crippen molar-refractivity contribution in [3.63, 3.8) is 0 Å². The van der Waals surface area contributed by atoms with Gasteiger partial charge in [0, 0.05) is 5.56 Å². The summed E-state index contributed by atoms with van der Waals surface area (Å²) >= 11 is 0. The van der Waals surface area contributed by atoms with Crippen LogP contribution in [0.3, 0.4) is 0 Å². The van der Waals surface area contributed by atoms with Crippen LogP contribution >= 0.6 is 0 Å². The summed E-state index contributed by atoms with van der Waals surface area (Å²) in [5.74, 6) is -0.297. The van der Waals surface area contributed by atoms with Gasteiger partial charge in [0.05, 0.1) is 11.4 Å². The summed E-state index contributed by atoms with van der Waals surface area (Å²) < 4.78 is 12.7. The van der Waals surface area contributed by atoms with Gasteiger partial charge < -0.3 is 11.1 Å². The van der Waals surface area contributed by atoms with Crippen LogP contribution in [0, 0.1) is 12.7 Å². The second-order valence-electron chi connectivity index (χ2n) is 3.83. The highest BCUT2D eigenvalue weighted by atomic mass is 19.1. The first-order valence-corrected chi connectivity index (χ1v) is 5.36. The molecule has 0 bridgehead atoms. The molecule has 1 aromatic carbocycles. The van der Waals surface area contributed by atoms with Crippen molar-refractivity contribution in [2.24, 2.45) is 0 Å². The van der Waals surface area contributed by atoms with E-state index in [0.29, 0.717) is 22.8 Å². The first kappa shape index (κ1) is 12.0. The van der Waals surface area contributed by atoms with E-state index in [4.69, 9.17) is 5.73 Å². The molecule has 0 aliphatic carbocycles. The predicted molar refractivity (Wildman–Crippen MR) is 67.7 cm³/mol. The summed E-state index contributed by atoms with van der Waals surface area (Å²) in [6.07, 6.45) is 0. The molecule has 0 spiro atoms. The maximum atomic E-state index is 12.7. The molecule has 0 saturated heterocycles.